The van der Waals surface area contributed by atoms with Crippen LogP contribution in [0.3, 0.4) is 0 Å². The third-order valence-electron chi connectivity index (χ3n) is 5.40. The minimum Gasteiger partial charge on any atom is -0.379 e. The summed E-state index contributed by atoms with van der Waals surface area (Å²) in [6.45, 7) is 5.46. The molecule has 0 amide bonds. The minimum atomic E-state index is -3.81. The molecule has 0 aromatic heterocycles. The van der Waals surface area contributed by atoms with Crippen LogP contribution in [0.25, 0.3) is 0 Å². The highest BCUT2D eigenvalue weighted by molar-refractivity contribution is 7.48. The lowest BCUT2D eigenvalue weighted by Crippen LogP contribution is -2.08. The van der Waals surface area contributed by atoms with E-state index in [-0.39, 0.29) is 6.61 Å². The smallest absolute Gasteiger partial charge is 0.379 e. The summed E-state index contributed by atoms with van der Waals surface area (Å²) < 4.78 is 33.9. The molecule has 192 valence electrons. The predicted octanol–water partition coefficient (Wildman–Crippen LogP) is 8.66. The van der Waals surface area contributed by atoms with E-state index in [1.165, 1.54) is 70.6 Å². The zero-order chi connectivity index (χ0) is 23.9. The zero-order valence-corrected chi connectivity index (χ0v) is 21.9. The molecule has 0 saturated heterocycles. The highest BCUT2D eigenvalue weighted by atomic mass is 31.2. The van der Waals surface area contributed by atoms with E-state index in [2.05, 4.69) is 6.92 Å². The van der Waals surface area contributed by atoms with E-state index in [1.54, 1.807) is 24.3 Å². The molecule has 1 rings (SSSR count). The van der Waals surface area contributed by atoms with Crippen LogP contribution >= 0.6 is 7.82 Å². The molecule has 0 radical (unpaired) electrons. The van der Waals surface area contributed by atoms with E-state index in [4.69, 9.17) is 23.3 Å². The Kier molecular flexibility index (Phi) is 19.7. The Labute approximate surface area is 202 Å². The van der Waals surface area contributed by atoms with Gasteiger partial charge in [-0.05, 0) is 25.5 Å². The minimum absolute atomic E-state index is 0.113. The van der Waals surface area contributed by atoms with Gasteiger partial charge in [-0.2, -0.15) is 0 Å². The van der Waals surface area contributed by atoms with Crippen LogP contribution in [-0.4, -0.2) is 26.4 Å². The monoisotopic (exact) mass is 486 g/mol. The summed E-state index contributed by atoms with van der Waals surface area (Å²) in [6.07, 6.45) is 17.9. The molecule has 33 heavy (non-hydrogen) atoms. The van der Waals surface area contributed by atoms with Gasteiger partial charge in [0.2, 0.25) is 0 Å². The molecule has 1 aromatic carbocycles. The lowest BCUT2D eigenvalue weighted by Gasteiger charge is -2.17. The summed E-state index contributed by atoms with van der Waals surface area (Å²) in [5.41, 5.74) is 0. The van der Waals surface area contributed by atoms with Gasteiger partial charge >= 0.3 is 7.82 Å². The molecule has 0 saturated carbocycles. The standard InChI is InChI=1S/C26H47O6P/c1-3-5-6-7-8-9-10-11-12-13-14-15-16-20-23-29-33(27,30-25-24-28-4-2)32-31-26-21-18-17-19-22-26/h17-19,21-22H,3-16,20,23-25H2,1-2H3. The number of benzene rings is 1. The third kappa shape index (κ3) is 18.1. The Morgan fingerprint density at radius 3 is 1.70 bits per heavy atom. The molecule has 6 nitrogen and oxygen atoms in total. The zero-order valence-electron chi connectivity index (χ0n) is 21.0. The Hall–Kier alpha value is -0.910. The molecular formula is C26H47O6P. The van der Waals surface area contributed by atoms with Crippen LogP contribution in [0.1, 0.15) is 104 Å². The van der Waals surface area contributed by atoms with Gasteiger partial charge in [0, 0.05) is 6.61 Å². The summed E-state index contributed by atoms with van der Waals surface area (Å²) in [6, 6.07) is 8.87. The number of para-hydroxylation sites is 1. The molecule has 7 heteroatoms. The molecule has 1 aromatic rings. The van der Waals surface area contributed by atoms with E-state index < -0.39 is 7.82 Å². The molecule has 0 heterocycles. The highest BCUT2D eigenvalue weighted by Crippen LogP contribution is 2.49. The first-order valence-electron chi connectivity index (χ1n) is 13.1. The van der Waals surface area contributed by atoms with Crippen LogP contribution in [0.15, 0.2) is 30.3 Å². The fourth-order valence-electron chi connectivity index (χ4n) is 3.47. The average molecular weight is 487 g/mol. The molecule has 0 aliphatic rings. The maximum atomic E-state index is 12.8. The molecule has 1 atom stereocenters. The van der Waals surface area contributed by atoms with E-state index in [1.807, 2.05) is 13.0 Å². The third-order valence-corrected chi connectivity index (χ3v) is 6.65. The number of hydrogen-bond donors (Lipinski definition) is 0. The van der Waals surface area contributed by atoms with Crippen LogP contribution < -0.4 is 4.89 Å². The summed E-state index contributed by atoms with van der Waals surface area (Å²) in [7, 11) is -3.81. The van der Waals surface area contributed by atoms with Gasteiger partial charge in [-0.3, -0.25) is 9.05 Å². The van der Waals surface area contributed by atoms with Crippen molar-refractivity contribution < 1.29 is 27.9 Å². The van der Waals surface area contributed by atoms with Crippen molar-refractivity contribution in [1.29, 1.82) is 0 Å². The van der Waals surface area contributed by atoms with Gasteiger partial charge < -0.3 is 9.62 Å². The van der Waals surface area contributed by atoms with Gasteiger partial charge in [-0.1, -0.05) is 113 Å². The van der Waals surface area contributed by atoms with Crippen LogP contribution in [0.5, 0.6) is 5.75 Å². The first kappa shape index (κ1) is 30.1. The number of phosphoric acid groups is 1. The van der Waals surface area contributed by atoms with E-state index in [9.17, 15) is 4.57 Å². The van der Waals surface area contributed by atoms with Crippen molar-refractivity contribution in [1.82, 2.24) is 0 Å². The molecule has 0 N–H and O–H groups in total. The van der Waals surface area contributed by atoms with Crippen molar-refractivity contribution in [2.45, 2.75) is 104 Å². The van der Waals surface area contributed by atoms with Gasteiger partial charge in [-0.25, -0.2) is 4.57 Å². The molecule has 0 bridgehead atoms. The molecule has 0 spiro atoms. The second-order valence-corrected chi connectivity index (χ2v) is 9.94. The van der Waals surface area contributed by atoms with Crippen molar-refractivity contribution in [2.24, 2.45) is 0 Å². The highest BCUT2D eigenvalue weighted by Gasteiger charge is 2.29. The second kappa shape index (κ2) is 21.6. The number of rotatable bonds is 24. The van der Waals surface area contributed by atoms with Crippen LogP contribution in [0.2, 0.25) is 0 Å². The fourth-order valence-corrected chi connectivity index (χ4v) is 4.46. The molecule has 1 unspecified atom stereocenters. The van der Waals surface area contributed by atoms with Gasteiger partial charge in [-0.15, -0.1) is 0 Å². The number of phosphoric ester groups is 1. The van der Waals surface area contributed by atoms with Crippen molar-refractivity contribution in [3.8, 4) is 5.75 Å². The van der Waals surface area contributed by atoms with Gasteiger partial charge in [0.15, 0.2) is 5.75 Å². The van der Waals surface area contributed by atoms with Crippen LogP contribution in [0.4, 0.5) is 0 Å². The Morgan fingerprint density at radius 1 is 0.636 bits per heavy atom. The maximum Gasteiger partial charge on any atom is 0.511 e. The first-order valence-corrected chi connectivity index (χ1v) is 14.5. The SMILES string of the molecule is CCCCCCCCCCCCCCCCOP(=O)(OCCOCC)OOc1ccccc1. The second-order valence-electron chi connectivity index (χ2n) is 8.38. The lowest BCUT2D eigenvalue weighted by molar-refractivity contribution is -0.133. The lowest BCUT2D eigenvalue weighted by atomic mass is 10.0. The first-order chi connectivity index (χ1) is 16.2. The van der Waals surface area contributed by atoms with Crippen LogP contribution in [0, 0.1) is 0 Å². The topological polar surface area (TPSA) is 63.2 Å². The van der Waals surface area contributed by atoms with Crippen LogP contribution in [-0.2, 0) is 23.0 Å². The predicted molar refractivity (Wildman–Crippen MR) is 134 cm³/mol. The quantitative estimate of drug-likeness (QED) is 0.0630. The number of ether oxygens (including phenoxy) is 1. The fraction of sp³-hybridized carbons (Fsp3) is 0.769. The molecule has 0 fully saturated rings. The van der Waals surface area contributed by atoms with Gasteiger partial charge in [0.1, 0.15) is 0 Å². The summed E-state index contributed by atoms with van der Waals surface area (Å²) in [5, 5.41) is 0. The Morgan fingerprint density at radius 2 is 1.15 bits per heavy atom. The Bertz CT molecular complexity index is 583. The maximum absolute atomic E-state index is 12.8. The summed E-state index contributed by atoms with van der Waals surface area (Å²) >= 11 is 0. The van der Waals surface area contributed by atoms with Gasteiger partial charge in [0.05, 0.1) is 19.8 Å². The normalized spacial score (nSPS) is 13.2. The number of unbranched alkanes of at least 4 members (excludes halogenated alkanes) is 13. The van der Waals surface area contributed by atoms with Crippen molar-refractivity contribution in [3.05, 3.63) is 30.3 Å². The Balaban J connectivity index is 2.08. The molecule has 0 aliphatic carbocycles. The average Bonchev–Trinajstić information content (AvgIpc) is 2.84. The summed E-state index contributed by atoms with van der Waals surface area (Å²) in [4.78, 5) is 5.15. The van der Waals surface area contributed by atoms with E-state index in [0.29, 0.717) is 25.6 Å². The summed E-state index contributed by atoms with van der Waals surface area (Å²) in [5.74, 6) is 0.436. The van der Waals surface area contributed by atoms with Gasteiger partial charge in [0.25, 0.3) is 0 Å². The number of hydrogen-bond acceptors (Lipinski definition) is 6. The molecular weight excluding hydrogens is 439 g/mol. The van der Waals surface area contributed by atoms with E-state index >= 15 is 0 Å². The van der Waals surface area contributed by atoms with Crippen molar-refractivity contribution >= 4 is 7.82 Å². The van der Waals surface area contributed by atoms with Crippen molar-refractivity contribution in [3.63, 3.8) is 0 Å². The van der Waals surface area contributed by atoms with E-state index in [0.717, 1.165) is 19.3 Å². The largest absolute Gasteiger partial charge is 0.511 e. The molecule has 0 aliphatic heterocycles. The van der Waals surface area contributed by atoms with Crippen molar-refractivity contribution in [2.75, 3.05) is 26.4 Å².